The van der Waals surface area contributed by atoms with Gasteiger partial charge in [-0.3, -0.25) is 4.72 Å². The summed E-state index contributed by atoms with van der Waals surface area (Å²) in [7, 11) is -3.68. The van der Waals surface area contributed by atoms with Crippen molar-refractivity contribution in [3.63, 3.8) is 0 Å². The Balaban J connectivity index is 1.88. The van der Waals surface area contributed by atoms with E-state index >= 15 is 0 Å². The summed E-state index contributed by atoms with van der Waals surface area (Å²) in [5, 5.41) is 0. The van der Waals surface area contributed by atoms with Gasteiger partial charge in [0.1, 0.15) is 5.82 Å². The van der Waals surface area contributed by atoms with Crippen LogP contribution in [0.5, 0.6) is 0 Å². The molecule has 0 saturated carbocycles. The Morgan fingerprint density at radius 2 is 1.88 bits per heavy atom. The maximum atomic E-state index is 12.5. The number of sulfonamides is 1. The van der Waals surface area contributed by atoms with Gasteiger partial charge in [-0.2, -0.15) is 4.98 Å². The Kier molecular flexibility index (Phi) is 4.68. The third-order valence-corrected chi connectivity index (χ3v) is 5.03. The number of ether oxygens (including phenoxy) is 1. The Morgan fingerprint density at radius 3 is 2.58 bits per heavy atom. The molecule has 0 bridgehead atoms. The van der Waals surface area contributed by atoms with E-state index < -0.39 is 10.0 Å². The lowest BCUT2D eigenvalue weighted by Gasteiger charge is -2.27. The van der Waals surface area contributed by atoms with E-state index in [1.807, 2.05) is 24.8 Å². The van der Waals surface area contributed by atoms with Gasteiger partial charge in [0.15, 0.2) is 0 Å². The Labute approximate surface area is 141 Å². The van der Waals surface area contributed by atoms with Gasteiger partial charge in [0.2, 0.25) is 5.95 Å². The fraction of sp³-hybridized carbons (Fsp3) is 0.375. The van der Waals surface area contributed by atoms with Crippen LogP contribution in [0, 0.1) is 13.8 Å². The maximum absolute atomic E-state index is 12.5. The first-order valence-corrected chi connectivity index (χ1v) is 9.20. The van der Waals surface area contributed by atoms with Crippen LogP contribution in [-0.4, -0.2) is 44.7 Å². The minimum atomic E-state index is -3.68. The van der Waals surface area contributed by atoms with Crippen LogP contribution < -0.4 is 9.62 Å². The predicted molar refractivity (Wildman–Crippen MR) is 91.8 cm³/mol. The lowest BCUT2D eigenvalue weighted by Crippen LogP contribution is -2.37. The molecule has 0 radical (unpaired) electrons. The summed E-state index contributed by atoms with van der Waals surface area (Å²) < 4.78 is 33.0. The highest BCUT2D eigenvalue weighted by Gasteiger charge is 2.18. The highest BCUT2D eigenvalue weighted by Crippen LogP contribution is 2.19. The van der Waals surface area contributed by atoms with Crippen LogP contribution in [0.4, 0.5) is 11.8 Å². The van der Waals surface area contributed by atoms with Gasteiger partial charge < -0.3 is 9.64 Å². The normalized spacial score (nSPS) is 15.3. The highest BCUT2D eigenvalue weighted by molar-refractivity contribution is 7.92. The summed E-state index contributed by atoms with van der Waals surface area (Å²) >= 11 is 0. The molecule has 2 aromatic rings. The minimum absolute atomic E-state index is 0.215. The molecule has 1 N–H and O–H groups in total. The van der Waals surface area contributed by atoms with Crippen molar-refractivity contribution in [1.29, 1.82) is 0 Å². The summed E-state index contributed by atoms with van der Waals surface area (Å²) in [4.78, 5) is 11.0. The molecule has 7 nitrogen and oxygen atoms in total. The molecule has 0 unspecified atom stereocenters. The standard InChI is InChI=1S/C16H20N4O3S/c1-12-4-3-5-14(10-12)24(21,22)19-15-11-13(2)17-16(18-15)20-6-8-23-9-7-20/h3-5,10-11H,6-9H2,1-2H3,(H,17,18,19). The Hall–Kier alpha value is -2.19. The first kappa shape index (κ1) is 16.7. The zero-order chi connectivity index (χ0) is 17.2. The fourth-order valence-electron chi connectivity index (χ4n) is 2.49. The molecule has 1 aliphatic heterocycles. The third-order valence-electron chi connectivity index (χ3n) is 3.68. The van der Waals surface area contributed by atoms with E-state index in [4.69, 9.17) is 4.74 Å². The van der Waals surface area contributed by atoms with E-state index in [0.717, 1.165) is 5.56 Å². The highest BCUT2D eigenvalue weighted by atomic mass is 32.2. The van der Waals surface area contributed by atoms with Crippen molar-refractivity contribution < 1.29 is 13.2 Å². The second kappa shape index (κ2) is 6.74. The molecular weight excluding hydrogens is 328 g/mol. The number of morpholine rings is 1. The van der Waals surface area contributed by atoms with Crippen LogP contribution in [-0.2, 0) is 14.8 Å². The van der Waals surface area contributed by atoms with E-state index in [-0.39, 0.29) is 10.7 Å². The molecule has 1 fully saturated rings. The largest absolute Gasteiger partial charge is 0.378 e. The molecule has 8 heteroatoms. The van der Waals surface area contributed by atoms with Gasteiger partial charge in [0.25, 0.3) is 10.0 Å². The van der Waals surface area contributed by atoms with Gasteiger partial charge in [0.05, 0.1) is 18.1 Å². The molecule has 0 atom stereocenters. The molecule has 24 heavy (non-hydrogen) atoms. The molecule has 0 amide bonds. The lowest BCUT2D eigenvalue weighted by molar-refractivity contribution is 0.122. The van der Waals surface area contributed by atoms with Crippen molar-refractivity contribution in [2.45, 2.75) is 18.7 Å². The van der Waals surface area contributed by atoms with Crippen molar-refractivity contribution in [3.8, 4) is 0 Å². The van der Waals surface area contributed by atoms with Crippen molar-refractivity contribution in [2.75, 3.05) is 35.9 Å². The molecule has 2 heterocycles. The predicted octanol–water partition coefficient (Wildman–Crippen LogP) is 1.73. The quantitative estimate of drug-likeness (QED) is 0.906. The van der Waals surface area contributed by atoms with Gasteiger partial charge in [-0.1, -0.05) is 12.1 Å². The van der Waals surface area contributed by atoms with E-state index in [1.165, 1.54) is 0 Å². The van der Waals surface area contributed by atoms with Crippen molar-refractivity contribution in [3.05, 3.63) is 41.6 Å². The topological polar surface area (TPSA) is 84.4 Å². The monoisotopic (exact) mass is 348 g/mol. The number of anilines is 2. The van der Waals surface area contributed by atoms with E-state index in [9.17, 15) is 8.42 Å². The summed E-state index contributed by atoms with van der Waals surface area (Å²) in [6.45, 7) is 6.27. The minimum Gasteiger partial charge on any atom is -0.378 e. The van der Waals surface area contributed by atoms with Crippen molar-refractivity contribution in [2.24, 2.45) is 0 Å². The summed E-state index contributed by atoms with van der Waals surface area (Å²) in [6, 6.07) is 8.38. The summed E-state index contributed by atoms with van der Waals surface area (Å²) in [5.74, 6) is 0.783. The zero-order valence-corrected chi connectivity index (χ0v) is 14.5. The van der Waals surface area contributed by atoms with Crippen LogP contribution in [0.2, 0.25) is 0 Å². The fourth-order valence-corrected chi connectivity index (χ4v) is 3.59. The van der Waals surface area contributed by atoms with Gasteiger partial charge >= 0.3 is 0 Å². The smallest absolute Gasteiger partial charge is 0.263 e. The summed E-state index contributed by atoms with van der Waals surface area (Å²) in [5.41, 5.74) is 1.58. The number of rotatable bonds is 4. The number of benzene rings is 1. The molecule has 0 spiro atoms. The Bertz CT molecular complexity index is 833. The molecule has 128 valence electrons. The van der Waals surface area contributed by atoms with Gasteiger partial charge in [0, 0.05) is 24.8 Å². The van der Waals surface area contributed by atoms with Crippen LogP contribution in [0.1, 0.15) is 11.3 Å². The molecule has 1 aromatic carbocycles. The number of nitrogens with one attached hydrogen (secondary N) is 1. The average Bonchev–Trinajstić information content (AvgIpc) is 2.55. The van der Waals surface area contributed by atoms with Crippen LogP contribution in [0.3, 0.4) is 0 Å². The van der Waals surface area contributed by atoms with Gasteiger partial charge in [-0.25, -0.2) is 13.4 Å². The van der Waals surface area contributed by atoms with Crippen molar-refractivity contribution >= 4 is 21.8 Å². The second-order valence-electron chi connectivity index (χ2n) is 5.72. The molecule has 1 saturated heterocycles. The van der Waals surface area contributed by atoms with Crippen LogP contribution >= 0.6 is 0 Å². The van der Waals surface area contributed by atoms with Crippen molar-refractivity contribution in [1.82, 2.24) is 9.97 Å². The average molecular weight is 348 g/mol. The van der Waals surface area contributed by atoms with Crippen LogP contribution in [0.25, 0.3) is 0 Å². The number of aromatic nitrogens is 2. The van der Waals surface area contributed by atoms with Gasteiger partial charge in [-0.05, 0) is 31.5 Å². The first-order chi connectivity index (χ1) is 11.4. The third kappa shape index (κ3) is 3.82. The van der Waals surface area contributed by atoms with E-state index in [2.05, 4.69) is 14.7 Å². The molecule has 1 aromatic heterocycles. The molecule has 3 rings (SSSR count). The summed E-state index contributed by atoms with van der Waals surface area (Å²) in [6.07, 6.45) is 0. The second-order valence-corrected chi connectivity index (χ2v) is 7.40. The lowest BCUT2D eigenvalue weighted by atomic mass is 10.2. The molecular formula is C16H20N4O3S. The zero-order valence-electron chi connectivity index (χ0n) is 13.7. The van der Waals surface area contributed by atoms with Gasteiger partial charge in [-0.15, -0.1) is 0 Å². The first-order valence-electron chi connectivity index (χ1n) is 7.72. The number of aryl methyl sites for hydroxylation is 2. The van der Waals surface area contributed by atoms with Crippen LogP contribution in [0.15, 0.2) is 35.2 Å². The SMILES string of the molecule is Cc1cccc(S(=O)(=O)Nc2cc(C)nc(N3CCOCC3)n2)c1. The molecule has 0 aliphatic carbocycles. The molecule has 1 aliphatic rings. The number of hydrogen-bond acceptors (Lipinski definition) is 6. The Morgan fingerprint density at radius 1 is 1.12 bits per heavy atom. The van der Waals surface area contributed by atoms with E-state index in [1.54, 1.807) is 24.3 Å². The van der Waals surface area contributed by atoms with E-state index in [0.29, 0.717) is 37.9 Å². The maximum Gasteiger partial charge on any atom is 0.263 e. The number of hydrogen-bond donors (Lipinski definition) is 1. The number of nitrogens with zero attached hydrogens (tertiary/aromatic N) is 3.